The Morgan fingerprint density at radius 2 is 1.83 bits per heavy atom. The first-order chi connectivity index (χ1) is 13.8. The number of carbonyl (C=O) groups is 1. The Balaban J connectivity index is 1.72. The summed E-state index contributed by atoms with van der Waals surface area (Å²) < 4.78 is 0. The number of benzene rings is 2. The SMILES string of the molecule is Cc1ccc2c(c1)C(CCC(=O)N1C(C)CCC1C)(c1ccc(Cl)cc1)NC2=N. The van der Waals surface area contributed by atoms with Gasteiger partial charge in [-0.3, -0.25) is 10.2 Å². The van der Waals surface area contributed by atoms with Gasteiger partial charge >= 0.3 is 0 Å². The summed E-state index contributed by atoms with van der Waals surface area (Å²) in [4.78, 5) is 15.2. The van der Waals surface area contributed by atoms with Crippen LogP contribution in [0.4, 0.5) is 0 Å². The van der Waals surface area contributed by atoms with Gasteiger partial charge in [0.05, 0.1) is 5.54 Å². The van der Waals surface area contributed by atoms with Crippen molar-refractivity contribution in [2.24, 2.45) is 0 Å². The van der Waals surface area contributed by atoms with Crippen molar-refractivity contribution in [3.8, 4) is 0 Å². The van der Waals surface area contributed by atoms with Crippen molar-refractivity contribution >= 4 is 23.3 Å². The Hall–Kier alpha value is -2.33. The van der Waals surface area contributed by atoms with Crippen LogP contribution in [0.2, 0.25) is 5.02 Å². The monoisotopic (exact) mass is 409 g/mol. The average molecular weight is 410 g/mol. The van der Waals surface area contributed by atoms with Crippen LogP contribution in [0.1, 0.15) is 61.8 Å². The maximum Gasteiger partial charge on any atom is 0.223 e. The molecule has 4 rings (SSSR count). The maximum atomic E-state index is 13.1. The highest BCUT2D eigenvalue weighted by atomic mass is 35.5. The first-order valence-corrected chi connectivity index (χ1v) is 10.7. The Kier molecular flexibility index (Phi) is 5.16. The minimum atomic E-state index is -0.592. The third kappa shape index (κ3) is 3.44. The van der Waals surface area contributed by atoms with Gasteiger partial charge in [0, 0.05) is 29.1 Å². The predicted octanol–water partition coefficient (Wildman–Crippen LogP) is 5.00. The summed E-state index contributed by atoms with van der Waals surface area (Å²) in [6.07, 6.45) is 3.17. The fourth-order valence-electron chi connectivity index (χ4n) is 4.99. The van der Waals surface area contributed by atoms with Crippen molar-refractivity contribution in [1.82, 2.24) is 10.2 Å². The molecule has 0 spiro atoms. The van der Waals surface area contributed by atoms with Crippen LogP contribution in [0.3, 0.4) is 0 Å². The lowest BCUT2D eigenvalue weighted by Gasteiger charge is -2.34. The molecule has 152 valence electrons. The fourth-order valence-corrected chi connectivity index (χ4v) is 5.12. The molecule has 1 fully saturated rings. The van der Waals surface area contributed by atoms with Crippen LogP contribution in [-0.2, 0) is 10.3 Å². The van der Waals surface area contributed by atoms with Crippen LogP contribution in [0, 0.1) is 12.3 Å². The normalized spacial score (nSPS) is 25.8. The summed E-state index contributed by atoms with van der Waals surface area (Å²) >= 11 is 6.14. The molecule has 29 heavy (non-hydrogen) atoms. The van der Waals surface area contributed by atoms with E-state index in [0.717, 1.165) is 35.1 Å². The van der Waals surface area contributed by atoms with Gasteiger partial charge in [0.1, 0.15) is 5.84 Å². The van der Waals surface area contributed by atoms with Gasteiger partial charge < -0.3 is 10.2 Å². The van der Waals surface area contributed by atoms with E-state index in [9.17, 15) is 4.79 Å². The van der Waals surface area contributed by atoms with Gasteiger partial charge in [-0.2, -0.15) is 0 Å². The molecular formula is C24H28ClN3O. The van der Waals surface area contributed by atoms with E-state index in [2.05, 4.69) is 32.2 Å². The zero-order valence-electron chi connectivity index (χ0n) is 17.3. The van der Waals surface area contributed by atoms with Crippen molar-refractivity contribution in [2.45, 2.75) is 64.1 Å². The lowest BCUT2D eigenvalue weighted by atomic mass is 9.79. The number of fused-ring (bicyclic) bond motifs is 1. The summed E-state index contributed by atoms with van der Waals surface area (Å²) in [5, 5.41) is 12.6. The number of rotatable bonds is 4. The molecule has 2 aromatic carbocycles. The Bertz CT molecular complexity index is 945. The van der Waals surface area contributed by atoms with E-state index >= 15 is 0 Å². The van der Waals surface area contributed by atoms with Gasteiger partial charge in [0.25, 0.3) is 0 Å². The van der Waals surface area contributed by atoms with E-state index in [4.69, 9.17) is 17.0 Å². The summed E-state index contributed by atoms with van der Waals surface area (Å²) in [7, 11) is 0. The number of likely N-dealkylation sites (tertiary alicyclic amines) is 1. The van der Waals surface area contributed by atoms with Gasteiger partial charge in [-0.1, -0.05) is 47.5 Å². The summed E-state index contributed by atoms with van der Waals surface area (Å²) in [6, 6.07) is 14.5. The van der Waals surface area contributed by atoms with Crippen molar-refractivity contribution < 1.29 is 4.79 Å². The molecule has 4 nitrogen and oxygen atoms in total. The van der Waals surface area contributed by atoms with E-state index < -0.39 is 5.54 Å². The molecule has 5 heteroatoms. The molecule has 2 heterocycles. The Labute approximate surface area is 177 Å². The third-order valence-corrected chi connectivity index (χ3v) is 6.79. The molecule has 0 aromatic heterocycles. The average Bonchev–Trinajstić information content (AvgIpc) is 3.17. The molecule has 1 saturated heterocycles. The van der Waals surface area contributed by atoms with Gasteiger partial charge in [-0.05, 0) is 63.3 Å². The number of aryl methyl sites for hydroxylation is 1. The Morgan fingerprint density at radius 3 is 2.48 bits per heavy atom. The van der Waals surface area contributed by atoms with Crippen molar-refractivity contribution in [3.05, 3.63) is 69.7 Å². The van der Waals surface area contributed by atoms with Gasteiger partial charge in [0.15, 0.2) is 0 Å². The number of hydrogen-bond acceptors (Lipinski definition) is 2. The fraction of sp³-hybridized carbons (Fsp3) is 0.417. The van der Waals surface area contributed by atoms with E-state index in [0.29, 0.717) is 35.8 Å². The number of halogens is 1. The van der Waals surface area contributed by atoms with E-state index in [1.165, 1.54) is 0 Å². The number of amidine groups is 1. The van der Waals surface area contributed by atoms with Gasteiger partial charge in [-0.15, -0.1) is 0 Å². The smallest absolute Gasteiger partial charge is 0.223 e. The second kappa shape index (κ2) is 7.49. The summed E-state index contributed by atoms with van der Waals surface area (Å²) in [5.74, 6) is 0.607. The van der Waals surface area contributed by atoms with Crippen LogP contribution < -0.4 is 5.32 Å². The third-order valence-electron chi connectivity index (χ3n) is 6.53. The standard InChI is InChI=1S/C24H28ClN3O/c1-15-4-11-20-21(14-15)24(27-23(20)26,18-7-9-19(25)10-8-18)13-12-22(29)28-16(2)5-6-17(28)3/h4,7-11,14,16-17H,5-6,12-13H2,1-3H3,(H2,26,27). The van der Waals surface area contributed by atoms with E-state index in [-0.39, 0.29) is 5.91 Å². The molecule has 0 bridgehead atoms. The number of carbonyl (C=O) groups excluding carboxylic acids is 1. The quantitative estimate of drug-likeness (QED) is 0.746. The van der Waals surface area contributed by atoms with Crippen LogP contribution >= 0.6 is 11.6 Å². The number of nitrogens with one attached hydrogen (secondary N) is 2. The minimum absolute atomic E-state index is 0.199. The first-order valence-electron chi connectivity index (χ1n) is 10.4. The van der Waals surface area contributed by atoms with Crippen molar-refractivity contribution in [3.63, 3.8) is 0 Å². The predicted molar refractivity (Wildman–Crippen MR) is 118 cm³/mol. The lowest BCUT2D eigenvalue weighted by Crippen LogP contribution is -2.43. The molecule has 0 radical (unpaired) electrons. The number of amides is 1. The molecule has 3 unspecified atom stereocenters. The molecule has 2 aliphatic rings. The van der Waals surface area contributed by atoms with Crippen LogP contribution in [0.15, 0.2) is 42.5 Å². The molecule has 2 N–H and O–H groups in total. The van der Waals surface area contributed by atoms with Crippen molar-refractivity contribution in [1.29, 1.82) is 5.41 Å². The highest BCUT2D eigenvalue weighted by Crippen LogP contribution is 2.42. The van der Waals surface area contributed by atoms with Crippen LogP contribution in [-0.4, -0.2) is 28.7 Å². The lowest BCUT2D eigenvalue weighted by molar-refractivity contribution is -0.133. The van der Waals surface area contributed by atoms with Crippen LogP contribution in [0.25, 0.3) is 0 Å². The summed E-state index contributed by atoms with van der Waals surface area (Å²) in [5.41, 5.74) is 3.56. The van der Waals surface area contributed by atoms with Gasteiger partial charge in [0.2, 0.25) is 5.91 Å². The zero-order chi connectivity index (χ0) is 20.8. The van der Waals surface area contributed by atoms with E-state index in [1.54, 1.807) is 0 Å². The maximum absolute atomic E-state index is 13.1. The molecule has 3 atom stereocenters. The molecular weight excluding hydrogens is 382 g/mol. The number of hydrogen-bond donors (Lipinski definition) is 2. The number of nitrogens with zero attached hydrogens (tertiary/aromatic N) is 1. The topological polar surface area (TPSA) is 56.2 Å². The van der Waals surface area contributed by atoms with Crippen LogP contribution in [0.5, 0.6) is 0 Å². The first kappa shape index (κ1) is 20.0. The summed E-state index contributed by atoms with van der Waals surface area (Å²) in [6.45, 7) is 6.34. The molecule has 2 aromatic rings. The molecule has 2 aliphatic heterocycles. The zero-order valence-corrected chi connectivity index (χ0v) is 18.0. The largest absolute Gasteiger partial charge is 0.356 e. The Morgan fingerprint density at radius 1 is 1.17 bits per heavy atom. The highest BCUT2D eigenvalue weighted by Gasteiger charge is 2.43. The van der Waals surface area contributed by atoms with E-state index in [1.807, 2.05) is 41.3 Å². The molecule has 0 aliphatic carbocycles. The second-order valence-corrected chi connectivity index (χ2v) is 8.97. The molecule has 0 saturated carbocycles. The highest BCUT2D eigenvalue weighted by molar-refractivity contribution is 6.30. The second-order valence-electron chi connectivity index (χ2n) is 8.54. The minimum Gasteiger partial charge on any atom is -0.356 e. The molecule has 1 amide bonds. The van der Waals surface area contributed by atoms with Gasteiger partial charge in [-0.25, -0.2) is 0 Å². The van der Waals surface area contributed by atoms with Crippen molar-refractivity contribution in [2.75, 3.05) is 0 Å².